The van der Waals surface area contributed by atoms with Gasteiger partial charge in [0.25, 0.3) is 0 Å². The van der Waals surface area contributed by atoms with Crippen molar-refractivity contribution in [1.82, 2.24) is 0 Å². The molecular weight excluding hydrogens is 1480 g/mol. The Morgan fingerprint density at radius 3 is 1.59 bits per heavy atom. The van der Waals surface area contributed by atoms with Crippen LogP contribution in [0.3, 0.4) is 0 Å². The van der Waals surface area contributed by atoms with E-state index in [0.717, 1.165) is 24.6 Å². The predicted molar refractivity (Wildman–Crippen MR) is 313 cm³/mol. The van der Waals surface area contributed by atoms with Gasteiger partial charge in [0.1, 0.15) is 37.9 Å². The Hall–Kier alpha value is -3.50. The predicted octanol–water partition coefficient (Wildman–Crippen LogP) is 6.69. The third-order valence-corrected chi connectivity index (χ3v) is 10.9. The first kappa shape index (κ1) is 86.7. The second kappa shape index (κ2) is 46.6. The van der Waals surface area contributed by atoms with Gasteiger partial charge in [0.15, 0.2) is 63.5 Å². The van der Waals surface area contributed by atoms with Gasteiger partial charge in [-0.15, -0.1) is 58.9 Å². The number of phenols is 3. The normalized spacial score (nSPS) is 15.5. The molecule has 19 nitrogen and oxygen atoms in total. The minimum atomic E-state index is -1.67. The van der Waals surface area contributed by atoms with E-state index in [-0.39, 0.29) is 189 Å². The van der Waals surface area contributed by atoms with Gasteiger partial charge >= 0.3 is 62.3 Å². The molecule has 2 fully saturated rings. The molecule has 1 aliphatic carbocycles. The summed E-state index contributed by atoms with van der Waals surface area (Å²) in [6.07, 6.45) is 1.65. The number of carbonyl (C=O) groups is 3. The van der Waals surface area contributed by atoms with E-state index in [2.05, 4.69) is 73.5 Å². The maximum atomic E-state index is 13.3. The van der Waals surface area contributed by atoms with Crippen molar-refractivity contribution in [2.75, 3.05) is 40.2 Å². The Morgan fingerprint density at radius 2 is 1.15 bits per heavy atom. The number of hydrogen-bond acceptors (Lipinski definition) is 18. The zero-order valence-corrected chi connectivity index (χ0v) is 56.9. The standard InChI is InChI=1S/C9H6FNO2.C8H12ClFO2.C8H7ClO3.C8H7FO3.C8H5FO3.C7H5FO3.CN.CH4.BBr3.B.Cl2OS.2Na.H/c1-11-4-6-2-7(10)9-8(3-6)12-5-13-9;9-3-5-1-6(10)8-7(2-5)11-4-12-8;1-12-7-3-5(4-10)2-6(9)8(7)11;2*9-6-1-5(3-10)2-7-8(6)12-4-11-7;8-5-1-4(3-9)2-6(10)7(5)11;1-2;;2-1(3)4;;1-4(2)3;;;/h2-3H,4-5H2;5-8H,1-4H2;2-4,11H,1H3;1-2,10H,3-4H2;1-3H,4H2;1-3,10-11H;;1H4;;;;;;/q;;;;;;-1;;;;;2*+1;-1. The molecule has 10 rings (SSSR count). The Bertz CT molecular complexity index is 2990. The van der Waals surface area contributed by atoms with Gasteiger partial charge in [-0.3, -0.25) is 14.4 Å². The van der Waals surface area contributed by atoms with E-state index in [0.29, 0.717) is 59.3 Å². The molecule has 0 bridgehead atoms. The van der Waals surface area contributed by atoms with E-state index in [4.69, 9.17) is 104 Å². The number of benzene rings is 5. The van der Waals surface area contributed by atoms with E-state index < -0.39 is 50.2 Å². The van der Waals surface area contributed by atoms with Crippen molar-refractivity contribution in [1.29, 1.82) is 5.26 Å². The molecule has 4 heterocycles. The molecule has 0 amide bonds. The molecule has 4 N–H and O–H groups in total. The van der Waals surface area contributed by atoms with Gasteiger partial charge in [-0.1, -0.05) is 19.0 Å². The number of aliphatic hydroxyl groups excluding tert-OH is 1. The van der Waals surface area contributed by atoms with Crippen LogP contribution in [0, 0.1) is 47.6 Å². The van der Waals surface area contributed by atoms with Gasteiger partial charge < -0.3 is 81.2 Å². The Morgan fingerprint density at radius 1 is 0.721 bits per heavy atom. The molecule has 4 atom stereocenters. The fourth-order valence-electron chi connectivity index (χ4n) is 6.81. The van der Waals surface area contributed by atoms with Crippen LogP contribution in [0.5, 0.6) is 57.5 Å². The Balaban J connectivity index is -0.000000456. The number of rotatable bonds is 7. The summed E-state index contributed by atoms with van der Waals surface area (Å²) in [4.78, 5) is 33.9. The fourth-order valence-corrected chi connectivity index (χ4v) is 7.28. The average Bonchev–Trinajstić information content (AvgIpc) is 4.44. The van der Waals surface area contributed by atoms with Crippen molar-refractivity contribution < 1.29 is 164 Å². The summed E-state index contributed by atoms with van der Waals surface area (Å²) in [6.45, 7) is 11.7. The van der Waals surface area contributed by atoms with Crippen LogP contribution in [0.25, 0.3) is 4.85 Å². The molecule has 1 saturated carbocycles. The van der Waals surface area contributed by atoms with E-state index in [1.165, 1.54) is 37.4 Å². The molecule has 5 aromatic rings. The van der Waals surface area contributed by atoms with Crippen molar-refractivity contribution in [3.05, 3.63) is 135 Å². The number of halogens is 12. The molecule has 457 valence electrons. The molecule has 3 radical (unpaired) electrons. The number of fused-ring (bicyclic) bond motifs is 4. The van der Waals surface area contributed by atoms with Gasteiger partial charge in [0.05, 0.1) is 24.8 Å². The number of carbonyl (C=O) groups excluding carboxylic acids is 3. The van der Waals surface area contributed by atoms with Crippen molar-refractivity contribution in [3.8, 4) is 57.5 Å². The minimum Gasteiger partial charge on any atom is -1.00 e. The second-order valence-electron chi connectivity index (χ2n) is 15.5. The molecule has 0 aromatic heterocycles. The molecule has 5 aromatic carbocycles. The molecule has 5 aliphatic rings. The number of aliphatic hydroxyl groups is 1. The van der Waals surface area contributed by atoms with Crippen LogP contribution in [-0.2, 0) is 31.9 Å². The van der Waals surface area contributed by atoms with Crippen LogP contribution in [-0.4, -0.2) is 114 Å². The Kier molecular flexibility index (Phi) is 46.9. The van der Waals surface area contributed by atoms with Crippen molar-refractivity contribution in [2.45, 2.75) is 51.8 Å². The molecular formula is C50H47B2Br3Cl4F5N2Na2O17S. The third kappa shape index (κ3) is 29.4. The van der Waals surface area contributed by atoms with Crippen LogP contribution < -0.4 is 92.3 Å². The van der Waals surface area contributed by atoms with Gasteiger partial charge in [0, 0.05) is 57.9 Å². The maximum absolute atomic E-state index is 13.3. The Labute approximate surface area is 585 Å². The summed E-state index contributed by atoms with van der Waals surface area (Å²) >= 11 is 20.6. The second-order valence-corrected chi connectivity index (χ2v) is 25.2. The van der Waals surface area contributed by atoms with Crippen molar-refractivity contribution in [3.63, 3.8) is 0 Å². The molecule has 0 spiro atoms. The van der Waals surface area contributed by atoms with E-state index in [9.17, 15) is 41.4 Å². The topological polar surface area (TPSA) is 260 Å². The zero-order chi connectivity index (χ0) is 61.6. The first-order valence-corrected chi connectivity index (χ1v) is 28.7. The van der Waals surface area contributed by atoms with Crippen LogP contribution >= 0.6 is 91.8 Å². The zero-order valence-electron chi connectivity index (χ0n) is 45.3. The van der Waals surface area contributed by atoms with Crippen LogP contribution in [0.2, 0.25) is 5.02 Å². The maximum Gasteiger partial charge on any atom is 1.00 e. The van der Waals surface area contributed by atoms with Crippen LogP contribution in [0.1, 0.15) is 63.9 Å². The number of hydrogen-bond donors (Lipinski definition) is 4. The summed E-state index contributed by atoms with van der Waals surface area (Å²) in [5, 5.41) is 41.8. The van der Waals surface area contributed by atoms with Gasteiger partial charge in [-0.25, -0.2) is 32.7 Å². The number of methoxy groups -OCH3 is 1. The largest absolute Gasteiger partial charge is 1.00 e. The van der Waals surface area contributed by atoms with E-state index in [1.54, 1.807) is 12.1 Å². The van der Waals surface area contributed by atoms with Gasteiger partial charge in [-0.05, 0) is 85.0 Å². The number of ether oxygens (including phenoxy) is 9. The monoisotopic (exact) mass is 1520 g/mol. The van der Waals surface area contributed by atoms with E-state index >= 15 is 0 Å². The fraction of sp³-hybridized carbons (Fsp3) is 0.300. The summed E-state index contributed by atoms with van der Waals surface area (Å²) < 4.78 is 119. The number of phenolic OH excluding ortho intramolecular Hbond substituents is 3. The summed E-state index contributed by atoms with van der Waals surface area (Å²) in [7, 11) is 8.75. The quantitative estimate of drug-likeness (QED) is 0.0252. The van der Waals surface area contributed by atoms with Gasteiger partial charge in [0.2, 0.25) is 53.4 Å². The summed E-state index contributed by atoms with van der Waals surface area (Å²) in [5.74, 6) is -1.77. The third-order valence-electron chi connectivity index (χ3n) is 10.2. The van der Waals surface area contributed by atoms with Gasteiger partial charge in [-0.2, -0.15) is 0 Å². The first-order chi connectivity index (χ1) is 39.0. The summed E-state index contributed by atoms with van der Waals surface area (Å²) in [6, 6.07) is 12.9. The molecule has 4 unspecified atom stereocenters. The number of aromatic hydroxyl groups is 3. The molecule has 4 aliphatic heterocycles. The SMILES string of the molecule is BrB(Br)Br.C.COc1cc(C=O)cc(Cl)c1O.FC1CC(CCl)CC2OCOC12.O=Cc1cc(F)c2c(c1)OCO2.O=Cc1cc(O)c(O)c(F)c1.O=S(Cl)Cl.OCc1cc(F)c2c(c1)OCO2.[B].[C-]#N.[C-]#[N+]Cc1cc(F)c2c(c1)OCO2.[H-].[Na+].[Na+]. The number of alkyl halides is 2. The van der Waals surface area contributed by atoms with E-state index in [1.807, 2.05) is 0 Å². The molecule has 1 saturated heterocycles. The van der Waals surface area contributed by atoms with Crippen LogP contribution in [0.15, 0.2) is 60.7 Å². The number of aldehydes is 3. The molecule has 86 heavy (non-hydrogen) atoms. The minimum absolute atomic E-state index is 0. The van der Waals surface area contributed by atoms with Crippen molar-refractivity contribution >= 4 is 132 Å². The first-order valence-electron chi connectivity index (χ1n) is 22.2. The molecule has 36 heteroatoms. The van der Waals surface area contributed by atoms with Crippen LogP contribution in [0.4, 0.5) is 22.0 Å². The smallest absolute Gasteiger partial charge is 1.00 e. The van der Waals surface area contributed by atoms with Crippen molar-refractivity contribution in [2.24, 2.45) is 5.92 Å². The summed E-state index contributed by atoms with van der Waals surface area (Å²) in [5.41, 5.74) is 1.69. The number of nitrogens with zero attached hydrogens (tertiary/aromatic N) is 2. The average molecular weight is 1520 g/mol.